The number of nitrogens with one attached hydrogen (secondary N) is 1. The topological polar surface area (TPSA) is 85.3 Å². The number of benzene rings is 1. The number of halogens is 3. The van der Waals surface area contributed by atoms with Crippen LogP contribution in [0.2, 0.25) is 15.2 Å². The first-order valence-electron chi connectivity index (χ1n) is 9.81. The van der Waals surface area contributed by atoms with Crippen LogP contribution in [0.4, 0.5) is 5.82 Å². The second-order valence-corrected chi connectivity index (χ2v) is 8.39. The van der Waals surface area contributed by atoms with Crippen LogP contribution in [0.5, 0.6) is 11.5 Å². The van der Waals surface area contributed by atoms with Gasteiger partial charge in [-0.15, -0.1) is 0 Å². The van der Waals surface area contributed by atoms with Crippen molar-refractivity contribution in [3.05, 3.63) is 45.0 Å². The molecule has 8 nitrogen and oxygen atoms in total. The molecule has 1 fully saturated rings. The van der Waals surface area contributed by atoms with Crippen LogP contribution in [-0.4, -0.2) is 61.0 Å². The van der Waals surface area contributed by atoms with E-state index >= 15 is 0 Å². The number of hydrazone groups is 1. The second kappa shape index (κ2) is 11.0. The summed E-state index contributed by atoms with van der Waals surface area (Å²) in [5.41, 5.74) is 3.44. The van der Waals surface area contributed by atoms with Gasteiger partial charge in [0.05, 0.1) is 35.6 Å². The van der Waals surface area contributed by atoms with Crippen LogP contribution < -0.4 is 14.9 Å². The van der Waals surface area contributed by atoms with Crippen molar-refractivity contribution in [1.82, 2.24) is 9.88 Å². The lowest BCUT2D eigenvalue weighted by Crippen LogP contribution is -2.49. The minimum atomic E-state index is -0.102. The van der Waals surface area contributed by atoms with Gasteiger partial charge in [0.25, 0.3) is 5.91 Å². The number of rotatable bonds is 7. The van der Waals surface area contributed by atoms with Gasteiger partial charge in [-0.1, -0.05) is 34.8 Å². The Hall–Kier alpha value is -2.26. The number of carbonyl (C=O) groups excluding carboxylic acids is 1. The predicted octanol–water partition coefficient (Wildman–Crippen LogP) is 4.51. The summed E-state index contributed by atoms with van der Waals surface area (Å²) in [6, 6.07) is 6.69. The fourth-order valence-corrected chi connectivity index (χ4v) is 3.73. The molecule has 2 atom stereocenters. The van der Waals surface area contributed by atoms with E-state index in [2.05, 4.69) is 15.5 Å². The molecule has 1 N–H and O–H groups in total. The van der Waals surface area contributed by atoms with Gasteiger partial charge < -0.3 is 19.1 Å². The van der Waals surface area contributed by atoms with Gasteiger partial charge >= 0.3 is 0 Å². The summed E-state index contributed by atoms with van der Waals surface area (Å²) in [5.74, 6) is 1.09. The molecule has 1 aromatic heterocycles. The third kappa shape index (κ3) is 6.38. The molecule has 3 rings (SSSR count). The molecular weight excluding hydrogens is 479 g/mol. The minimum absolute atomic E-state index is 0.00149. The van der Waals surface area contributed by atoms with E-state index in [1.54, 1.807) is 29.3 Å². The van der Waals surface area contributed by atoms with Crippen molar-refractivity contribution in [2.75, 3.05) is 32.2 Å². The zero-order valence-corrected chi connectivity index (χ0v) is 20.0. The van der Waals surface area contributed by atoms with Crippen LogP contribution in [0.1, 0.15) is 19.4 Å². The lowest BCUT2D eigenvalue weighted by Gasteiger charge is -2.35. The van der Waals surface area contributed by atoms with E-state index < -0.39 is 0 Å². The first-order chi connectivity index (χ1) is 15.3. The minimum Gasteiger partial charge on any atom is -0.493 e. The van der Waals surface area contributed by atoms with Crippen molar-refractivity contribution in [2.45, 2.75) is 26.1 Å². The maximum Gasteiger partial charge on any atom is 0.260 e. The summed E-state index contributed by atoms with van der Waals surface area (Å²) in [7, 11) is 1.52. The Balaban J connectivity index is 1.61. The zero-order chi connectivity index (χ0) is 23.3. The number of hydrogen-bond donors (Lipinski definition) is 1. The SMILES string of the molecule is COc1cc(C=NNc2nc(Cl)c(Cl)cc2Cl)ccc1OCC(=O)N1CC(C)OC(C)C1. The molecule has 1 aromatic carbocycles. The zero-order valence-electron chi connectivity index (χ0n) is 17.8. The molecule has 32 heavy (non-hydrogen) atoms. The van der Waals surface area contributed by atoms with Crippen LogP contribution in [-0.2, 0) is 9.53 Å². The summed E-state index contributed by atoms with van der Waals surface area (Å²) < 4.78 is 16.8. The molecule has 0 saturated carbocycles. The predicted molar refractivity (Wildman–Crippen MR) is 126 cm³/mol. The van der Waals surface area contributed by atoms with Crippen molar-refractivity contribution in [1.29, 1.82) is 0 Å². The molecule has 1 saturated heterocycles. The summed E-state index contributed by atoms with van der Waals surface area (Å²) in [6.45, 7) is 4.89. The van der Waals surface area contributed by atoms with Crippen molar-refractivity contribution in [3.63, 3.8) is 0 Å². The number of methoxy groups -OCH3 is 1. The molecule has 1 amide bonds. The molecule has 2 unspecified atom stereocenters. The molecule has 1 aliphatic rings. The number of amides is 1. The Labute approximate surface area is 201 Å². The van der Waals surface area contributed by atoms with Crippen molar-refractivity contribution in [2.24, 2.45) is 5.10 Å². The van der Waals surface area contributed by atoms with E-state index in [-0.39, 0.29) is 45.7 Å². The summed E-state index contributed by atoms with van der Waals surface area (Å²) in [4.78, 5) is 18.3. The number of aromatic nitrogens is 1. The van der Waals surface area contributed by atoms with Crippen LogP contribution in [0.15, 0.2) is 29.4 Å². The monoisotopic (exact) mass is 500 g/mol. The van der Waals surface area contributed by atoms with Crippen LogP contribution in [0.25, 0.3) is 0 Å². The summed E-state index contributed by atoms with van der Waals surface area (Å²) in [5, 5.41) is 4.76. The Morgan fingerprint density at radius 2 is 1.94 bits per heavy atom. The fraction of sp³-hybridized carbons (Fsp3) is 0.381. The van der Waals surface area contributed by atoms with Crippen LogP contribution in [0, 0.1) is 0 Å². The highest BCUT2D eigenvalue weighted by atomic mass is 35.5. The lowest BCUT2D eigenvalue weighted by atomic mass is 10.2. The lowest BCUT2D eigenvalue weighted by molar-refractivity contribution is -0.145. The number of hydrogen-bond acceptors (Lipinski definition) is 7. The Bertz CT molecular complexity index is 995. The normalized spacial score (nSPS) is 18.6. The van der Waals surface area contributed by atoms with Gasteiger partial charge in [-0.2, -0.15) is 5.10 Å². The fourth-order valence-electron chi connectivity index (χ4n) is 3.19. The molecule has 2 aromatic rings. The van der Waals surface area contributed by atoms with E-state index in [1.165, 1.54) is 13.2 Å². The summed E-state index contributed by atoms with van der Waals surface area (Å²) in [6.07, 6.45) is 1.55. The van der Waals surface area contributed by atoms with Crippen molar-refractivity contribution >= 4 is 52.7 Å². The van der Waals surface area contributed by atoms with Gasteiger partial charge in [0.15, 0.2) is 23.9 Å². The van der Waals surface area contributed by atoms with Gasteiger partial charge in [-0.3, -0.25) is 10.2 Å². The molecule has 1 aliphatic heterocycles. The second-order valence-electron chi connectivity index (χ2n) is 7.22. The number of nitrogens with zero attached hydrogens (tertiary/aromatic N) is 3. The van der Waals surface area contributed by atoms with Gasteiger partial charge in [0, 0.05) is 13.1 Å². The summed E-state index contributed by atoms with van der Waals surface area (Å²) >= 11 is 17.8. The molecule has 172 valence electrons. The number of morpholine rings is 1. The highest BCUT2D eigenvalue weighted by Gasteiger charge is 2.26. The molecule has 11 heteroatoms. The van der Waals surface area contributed by atoms with Crippen molar-refractivity contribution < 1.29 is 19.0 Å². The van der Waals surface area contributed by atoms with E-state index in [9.17, 15) is 4.79 Å². The largest absolute Gasteiger partial charge is 0.493 e. The molecule has 0 spiro atoms. The standard InChI is InChI=1S/C21H23Cl3N4O4/c1-12-9-28(10-13(2)32-12)19(29)11-31-17-5-4-14(6-18(17)30-3)8-25-27-21-16(23)7-15(22)20(24)26-21/h4-8,12-13H,9-11H2,1-3H3,(H,26,27). The smallest absolute Gasteiger partial charge is 0.260 e. The van der Waals surface area contributed by atoms with E-state index in [4.69, 9.17) is 49.0 Å². The average molecular weight is 502 g/mol. The average Bonchev–Trinajstić information content (AvgIpc) is 2.75. The van der Waals surface area contributed by atoms with E-state index in [0.29, 0.717) is 24.6 Å². The molecule has 2 heterocycles. The number of ether oxygens (including phenoxy) is 3. The highest BCUT2D eigenvalue weighted by molar-refractivity contribution is 6.42. The number of pyridine rings is 1. The maximum absolute atomic E-state index is 12.5. The Morgan fingerprint density at radius 1 is 1.22 bits per heavy atom. The van der Waals surface area contributed by atoms with Crippen LogP contribution >= 0.6 is 34.8 Å². The molecular formula is C21H23Cl3N4O4. The number of anilines is 1. The van der Waals surface area contributed by atoms with E-state index in [1.807, 2.05) is 13.8 Å². The third-order valence-electron chi connectivity index (χ3n) is 4.58. The van der Waals surface area contributed by atoms with Crippen molar-refractivity contribution in [3.8, 4) is 11.5 Å². The Morgan fingerprint density at radius 3 is 2.62 bits per heavy atom. The van der Waals surface area contributed by atoms with Gasteiger partial charge in [0.2, 0.25) is 0 Å². The Kier molecular flexibility index (Phi) is 8.42. The first-order valence-corrected chi connectivity index (χ1v) is 10.9. The molecule has 0 bridgehead atoms. The third-order valence-corrected chi connectivity index (χ3v) is 5.54. The van der Waals surface area contributed by atoms with Gasteiger partial charge in [-0.25, -0.2) is 4.98 Å². The van der Waals surface area contributed by atoms with Gasteiger partial charge in [0.1, 0.15) is 5.15 Å². The van der Waals surface area contributed by atoms with Gasteiger partial charge in [-0.05, 0) is 43.7 Å². The maximum atomic E-state index is 12.5. The quantitative estimate of drug-likeness (QED) is 0.341. The van der Waals surface area contributed by atoms with E-state index in [0.717, 1.165) is 5.56 Å². The van der Waals surface area contributed by atoms with Crippen LogP contribution in [0.3, 0.4) is 0 Å². The molecule has 0 radical (unpaired) electrons. The number of carbonyl (C=O) groups is 1. The first kappa shape index (κ1) is 24.4. The molecule has 0 aliphatic carbocycles. The highest BCUT2D eigenvalue weighted by Crippen LogP contribution is 2.29.